The third-order valence-corrected chi connectivity index (χ3v) is 5.14. The van der Waals surface area contributed by atoms with Gasteiger partial charge in [-0.25, -0.2) is 4.79 Å². The summed E-state index contributed by atoms with van der Waals surface area (Å²) in [6.07, 6.45) is 0. The van der Waals surface area contributed by atoms with Crippen LogP contribution in [-0.4, -0.2) is 28.5 Å². The van der Waals surface area contributed by atoms with E-state index in [0.29, 0.717) is 22.6 Å². The van der Waals surface area contributed by atoms with Crippen molar-refractivity contribution in [3.05, 3.63) is 82.4 Å². The molecular weight excluding hydrogens is 396 g/mol. The Labute approximate surface area is 179 Å². The fourth-order valence-corrected chi connectivity index (χ4v) is 3.50. The van der Waals surface area contributed by atoms with E-state index in [-0.39, 0.29) is 19.0 Å². The van der Waals surface area contributed by atoms with Crippen molar-refractivity contribution < 1.29 is 23.6 Å². The highest BCUT2D eigenvalue weighted by Gasteiger charge is 2.18. The fraction of sp³-hybridized carbons (Fsp3) is 0.208. The van der Waals surface area contributed by atoms with Gasteiger partial charge in [0.1, 0.15) is 18.1 Å². The highest BCUT2D eigenvalue weighted by molar-refractivity contribution is 6.10. The van der Waals surface area contributed by atoms with Crippen LogP contribution in [0.25, 0.3) is 10.9 Å². The number of carbonyl (C=O) groups excluding carboxylic acids is 2. The minimum atomic E-state index is -0.589. The molecule has 4 aromatic rings. The number of ketones is 1. The molecule has 0 unspecified atom stereocenters. The van der Waals surface area contributed by atoms with Crippen LogP contribution in [0.3, 0.4) is 0 Å². The Balaban J connectivity index is 1.41. The first-order valence-electron chi connectivity index (χ1n) is 9.86. The number of aromatic amines is 1. The molecule has 0 aliphatic carbocycles. The lowest BCUT2D eigenvalue weighted by molar-refractivity contribution is 0.0474. The van der Waals surface area contributed by atoms with E-state index in [1.54, 1.807) is 24.3 Å². The van der Waals surface area contributed by atoms with Gasteiger partial charge in [0.15, 0.2) is 6.61 Å². The van der Waals surface area contributed by atoms with Crippen molar-refractivity contribution >= 4 is 22.7 Å². The number of Topliss-reactive ketones (excluding diaryl/α,β-unsaturated/α-hetero) is 1. The predicted octanol–water partition coefficient (Wildman–Crippen LogP) is 4.70. The average molecular weight is 418 g/mol. The number of nitrogens with one attached hydrogen (secondary N) is 1. The third kappa shape index (κ3) is 4.21. The monoisotopic (exact) mass is 418 g/mol. The third-order valence-electron chi connectivity index (χ3n) is 5.14. The molecule has 0 saturated heterocycles. The number of para-hydroxylation sites is 1. The van der Waals surface area contributed by atoms with Gasteiger partial charge < -0.3 is 19.0 Å². The van der Waals surface area contributed by atoms with E-state index in [1.807, 2.05) is 45.0 Å². The molecule has 7 nitrogen and oxygen atoms in total. The molecular formula is C24H22N2O5. The topological polar surface area (TPSA) is 94.4 Å². The lowest BCUT2D eigenvalue weighted by Crippen LogP contribution is -2.15. The van der Waals surface area contributed by atoms with Crippen LogP contribution < -0.4 is 4.74 Å². The lowest BCUT2D eigenvalue weighted by Gasteiger charge is -2.08. The number of esters is 1. The van der Waals surface area contributed by atoms with E-state index in [1.165, 1.54) is 0 Å². The van der Waals surface area contributed by atoms with Crippen molar-refractivity contribution in [3.8, 4) is 5.75 Å². The summed E-state index contributed by atoms with van der Waals surface area (Å²) in [5.41, 5.74) is 4.10. The van der Waals surface area contributed by atoms with Crippen LogP contribution in [0.15, 0.2) is 53.1 Å². The Kier molecular flexibility index (Phi) is 5.58. The quantitative estimate of drug-likeness (QED) is 0.345. The van der Waals surface area contributed by atoms with Gasteiger partial charge in [0.25, 0.3) is 0 Å². The second-order valence-corrected chi connectivity index (χ2v) is 7.29. The molecule has 0 bridgehead atoms. The van der Waals surface area contributed by atoms with Gasteiger partial charge >= 0.3 is 5.97 Å². The molecule has 0 spiro atoms. The van der Waals surface area contributed by atoms with Crippen molar-refractivity contribution in [2.24, 2.45) is 0 Å². The van der Waals surface area contributed by atoms with E-state index >= 15 is 0 Å². The van der Waals surface area contributed by atoms with Crippen LogP contribution in [0.1, 0.15) is 43.4 Å². The smallest absolute Gasteiger partial charge is 0.338 e. The molecule has 0 aliphatic heterocycles. The number of hydrogen-bond acceptors (Lipinski definition) is 6. The molecule has 0 fully saturated rings. The highest BCUT2D eigenvalue weighted by Crippen LogP contribution is 2.23. The Morgan fingerprint density at radius 3 is 2.65 bits per heavy atom. The number of carbonyl (C=O) groups is 2. The molecule has 2 heterocycles. The van der Waals surface area contributed by atoms with E-state index in [0.717, 1.165) is 27.9 Å². The van der Waals surface area contributed by atoms with Crippen molar-refractivity contribution in [3.63, 3.8) is 0 Å². The molecule has 1 N–H and O–H groups in total. The van der Waals surface area contributed by atoms with Gasteiger partial charge in [-0.1, -0.05) is 29.4 Å². The van der Waals surface area contributed by atoms with E-state index < -0.39 is 5.97 Å². The van der Waals surface area contributed by atoms with Crippen molar-refractivity contribution in [2.75, 3.05) is 6.61 Å². The van der Waals surface area contributed by atoms with E-state index in [2.05, 4.69) is 10.1 Å². The van der Waals surface area contributed by atoms with E-state index in [4.69, 9.17) is 14.0 Å². The molecule has 0 atom stereocenters. The van der Waals surface area contributed by atoms with E-state index in [9.17, 15) is 9.59 Å². The summed E-state index contributed by atoms with van der Waals surface area (Å²) in [5.74, 6) is 0.357. The largest absolute Gasteiger partial charge is 0.489 e. The van der Waals surface area contributed by atoms with Crippen LogP contribution in [0.5, 0.6) is 5.75 Å². The number of ether oxygens (including phenoxy) is 2. The van der Waals surface area contributed by atoms with Crippen LogP contribution in [0.2, 0.25) is 0 Å². The maximum Gasteiger partial charge on any atom is 0.338 e. The summed E-state index contributed by atoms with van der Waals surface area (Å²) in [7, 11) is 0. The maximum absolute atomic E-state index is 12.7. The molecule has 2 aromatic carbocycles. The van der Waals surface area contributed by atoms with Gasteiger partial charge in [0.05, 0.1) is 16.8 Å². The van der Waals surface area contributed by atoms with Crippen LogP contribution in [0.4, 0.5) is 0 Å². The SMILES string of the molecule is Cc1noc(C)c1COc1cccc(C(=O)OCC(=O)c2c(C)[nH]c3ccccc23)c1. The summed E-state index contributed by atoms with van der Waals surface area (Å²) >= 11 is 0. The number of rotatable bonds is 7. The zero-order valence-electron chi connectivity index (χ0n) is 17.5. The maximum atomic E-state index is 12.7. The fourth-order valence-electron chi connectivity index (χ4n) is 3.50. The van der Waals surface area contributed by atoms with Gasteiger partial charge in [-0.05, 0) is 45.0 Å². The number of benzene rings is 2. The number of fused-ring (bicyclic) bond motifs is 1. The van der Waals surface area contributed by atoms with Gasteiger partial charge in [0.2, 0.25) is 5.78 Å². The number of nitrogens with zero attached hydrogens (tertiary/aromatic N) is 1. The summed E-state index contributed by atoms with van der Waals surface area (Å²) in [4.78, 5) is 28.4. The number of aryl methyl sites for hydroxylation is 3. The first kappa shape index (κ1) is 20.4. The van der Waals surface area contributed by atoms with Gasteiger partial charge in [-0.3, -0.25) is 4.79 Å². The zero-order chi connectivity index (χ0) is 22.0. The Morgan fingerprint density at radius 2 is 1.87 bits per heavy atom. The van der Waals surface area contributed by atoms with Gasteiger partial charge in [0, 0.05) is 22.2 Å². The molecule has 2 aromatic heterocycles. The minimum absolute atomic E-state index is 0.255. The number of H-pyrrole nitrogens is 1. The second-order valence-electron chi connectivity index (χ2n) is 7.29. The molecule has 31 heavy (non-hydrogen) atoms. The molecule has 7 heteroatoms. The zero-order valence-corrected chi connectivity index (χ0v) is 17.5. The Bertz CT molecular complexity index is 1250. The molecule has 0 radical (unpaired) electrons. The molecule has 0 saturated carbocycles. The van der Waals surface area contributed by atoms with Gasteiger partial charge in [-0.15, -0.1) is 0 Å². The normalized spacial score (nSPS) is 10.9. The second kappa shape index (κ2) is 8.47. The van der Waals surface area contributed by atoms with Crippen LogP contribution in [-0.2, 0) is 11.3 Å². The predicted molar refractivity (Wildman–Crippen MR) is 114 cm³/mol. The van der Waals surface area contributed by atoms with Crippen LogP contribution in [0, 0.1) is 20.8 Å². The summed E-state index contributed by atoms with van der Waals surface area (Å²) in [6.45, 7) is 5.42. The first-order valence-corrected chi connectivity index (χ1v) is 9.86. The lowest BCUT2D eigenvalue weighted by atomic mass is 10.1. The Morgan fingerprint density at radius 1 is 1.06 bits per heavy atom. The highest BCUT2D eigenvalue weighted by atomic mass is 16.5. The van der Waals surface area contributed by atoms with Crippen molar-refractivity contribution in [1.29, 1.82) is 0 Å². The molecule has 4 rings (SSSR count). The van der Waals surface area contributed by atoms with Gasteiger partial charge in [-0.2, -0.15) is 0 Å². The average Bonchev–Trinajstić information content (AvgIpc) is 3.28. The summed E-state index contributed by atoms with van der Waals surface area (Å²) in [5, 5.41) is 4.71. The molecule has 0 amide bonds. The van der Waals surface area contributed by atoms with Crippen molar-refractivity contribution in [2.45, 2.75) is 27.4 Å². The number of aromatic nitrogens is 2. The van der Waals surface area contributed by atoms with Crippen molar-refractivity contribution in [1.82, 2.24) is 10.1 Å². The number of hydrogen-bond donors (Lipinski definition) is 1. The summed E-state index contributed by atoms with van der Waals surface area (Å²) < 4.78 is 16.2. The van der Waals surface area contributed by atoms with Crippen LogP contribution >= 0.6 is 0 Å². The molecule has 0 aliphatic rings. The summed E-state index contributed by atoms with van der Waals surface area (Å²) in [6, 6.07) is 14.2. The first-order chi connectivity index (χ1) is 14.9. The molecule has 158 valence electrons. The Hall–Kier alpha value is -3.87. The standard InChI is InChI=1S/C24H22N2O5/c1-14-20(16(3)31-26-14)12-29-18-8-6-7-17(11-18)24(28)30-13-22(27)23-15(2)25-21-10-5-4-9-19(21)23/h4-11,25H,12-13H2,1-3H3. The minimum Gasteiger partial charge on any atom is -0.489 e.